The minimum Gasteiger partial charge on any atom is -0.516 e. The highest BCUT2D eigenvalue weighted by atomic mass is 31.2. The highest BCUT2D eigenvalue weighted by Gasteiger charge is 2.00. The molecule has 0 aromatic heterocycles. The molecule has 0 amide bonds. The van der Waals surface area contributed by atoms with Crippen molar-refractivity contribution in [3.8, 4) is 0 Å². The second kappa shape index (κ2) is 14.5. The zero-order valence-electron chi connectivity index (χ0n) is 11.9. The lowest BCUT2D eigenvalue weighted by Gasteiger charge is -1.89. The Hall–Kier alpha value is -2.39. The molecule has 0 aliphatic heterocycles. The van der Waals surface area contributed by atoms with Crippen LogP contribution >= 0.6 is 7.82 Å². The van der Waals surface area contributed by atoms with Gasteiger partial charge in [0.25, 0.3) is 0 Å². The van der Waals surface area contributed by atoms with Gasteiger partial charge >= 0.3 is 19.8 Å². The molecule has 132 valence electrons. The maximum absolute atomic E-state index is 9.99. The second-order valence-electron chi connectivity index (χ2n) is 3.51. The molecule has 0 unspecified atom stereocenters. The van der Waals surface area contributed by atoms with Gasteiger partial charge in [-0.05, 0) is 12.2 Å². The molecule has 0 aliphatic carbocycles. The van der Waals surface area contributed by atoms with Crippen LogP contribution in [0.4, 0.5) is 0 Å². The van der Waals surface area contributed by atoms with E-state index < -0.39 is 19.8 Å². The lowest BCUT2D eigenvalue weighted by molar-refractivity contribution is -0.133. The van der Waals surface area contributed by atoms with E-state index in [-0.39, 0.29) is 24.0 Å². The first kappa shape index (κ1) is 25.6. The van der Waals surface area contributed by atoms with Crippen molar-refractivity contribution in [2.24, 2.45) is 0 Å². The number of phosphoric acid groups is 1. The molecule has 0 radical (unpaired) electrons. The zero-order chi connectivity index (χ0) is 19.1. The molecule has 23 heavy (non-hydrogen) atoms. The molecule has 10 nitrogen and oxygen atoms in total. The number of hydrogen-bond acceptors (Lipinski definition) is 5. The van der Waals surface area contributed by atoms with E-state index in [0.717, 1.165) is 12.5 Å². The largest absolute Gasteiger partial charge is 0.516 e. The van der Waals surface area contributed by atoms with Crippen LogP contribution in [-0.4, -0.2) is 47.0 Å². The molecule has 0 atom stereocenters. The Bertz CT molecular complexity index is 456. The number of aliphatic hydroxyl groups is 2. The lowest BCUT2D eigenvalue weighted by Crippen LogP contribution is -1.96. The van der Waals surface area contributed by atoms with Gasteiger partial charge in [0, 0.05) is 24.0 Å². The van der Waals surface area contributed by atoms with Crippen LogP contribution in [0.25, 0.3) is 0 Å². The van der Waals surface area contributed by atoms with Crippen LogP contribution in [0.5, 0.6) is 0 Å². The van der Waals surface area contributed by atoms with Crippen LogP contribution in [-0.2, 0) is 14.2 Å². The standard InChI is InChI=1S/2C6H8O3.H3O4P/c2*1-5(6(8)9)3-2-4-7;1-5(2,3)4/h2*2,4,7H,1,3H2,(H,8,9);(H3,1,2,3,4). The predicted octanol–water partition coefficient (Wildman–Crippen LogP) is 1.25. The van der Waals surface area contributed by atoms with Gasteiger partial charge in [-0.2, -0.15) is 0 Å². The van der Waals surface area contributed by atoms with E-state index in [1.807, 2.05) is 0 Å². The van der Waals surface area contributed by atoms with Crippen molar-refractivity contribution in [3.05, 3.63) is 49.0 Å². The second-order valence-corrected chi connectivity index (χ2v) is 4.54. The number of carbonyl (C=O) groups is 2. The number of hydrogen-bond donors (Lipinski definition) is 7. The first-order valence-electron chi connectivity index (χ1n) is 5.55. The Morgan fingerprint density at radius 2 is 1.04 bits per heavy atom. The highest BCUT2D eigenvalue weighted by molar-refractivity contribution is 7.45. The van der Waals surface area contributed by atoms with E-state index in [1.165, 1.54) is 12.2 Å². The molecule has 0 heterocycles. The summed E-state index contributed by atoms with van der Waals surface area (Å²) < 4.78 is 8.88. The third kappa shape index (κ3) is 32.8. The minimum atomic E-state index is -4.64. The van der Waals surface area contributed by atoms with Crippen LogP contribution in [0.3, 0.4) is 0 Å². The van der Waals surface area contributed by atoms with Crippen LogP contribution in [0.15, 0.2) is 49.0 Å². The Balaban J connectivity index is -0.000000273. The maximum Gasteiger partial charge on any atom is 0.466 e. The summed E-state index contributed by atoms with van der Waals surface area (Å²) in [5, 5.41) is 32.6. The van der Waals surface area contributed by atoms with Gasteiger partial charge in [-0.3, -0.25) is 0 Å². The highest BCUT2D eigenvalue weighted by Crippen LogP contribution is 2.25. The normalized spacial score (nSPS) is 10.2. The van der Waals surface area contributed by atoms with Gasteiger partial charge in [0.15, 0.2) is 0 Å². The van der Waals surface area contributed by atoms with Gasteiger partial charge in [0.2, 0.25) is 0 Å². The number of rotatable bonds is 6. The first-order chi connectivity index (χ1) is 10.4. The van der Waals surface area contributed by atoms with E-state index in [0.29, 0.717) is 0 Å². The van der Waals surface area contributed by atoms with Gasteiger partial charge < -0.3 is 35.1 Å². The molecule has 0 aromatic rings. The van der Waals surface area contributed by atoms with Crippen molar-refractivity contribution in [1.82, 2.24) is 0 Å². The molecule has 0 spiro atoms. The average Bonchev–Trinajstić information content (AvgIpc) is 2.40. The summed E-state index contributed by atoms with van der Waals surface area (Å²) in [7, 11) is -4.64. The van der Waals surface area contributed by atoms with Crippen molar-refractivity contribution >= 4 is 19.8 Å². The summed E-state index contributed by atoms with van der Waals surface area (Å²) in [4.78, 5) is 41.5. The molecule has 0 saturated carbocycles. The summed E-state index contributed by atoms with van der Waals surface area (Å²) in [5.74, 6) is -2.07. The zero-order valence-corrected chi connectivity index (χ0v) is 12.8. The van der Waals surface area contributed by atoms with Crippen LogP contribution in [0.1, 0.15) is 12.8 Å². The van der Waals surface area contributed by atoms with Crippen molar-refractivity contribution in [3.63, 3.8) is 0 Å². The van der Waals surface area contributed by atoms with E-state index in [4.69, 9.17) is 39.7 Å². The first-order valence-corrected chi connectivity index (χ1v) is 7.12. The summed E-state index contributed by atoms with van der Waals surface area (Å²) >= 11 is 0. The van der Waals surface area contributed by atoms with Crippen molar-refractivity contribution in [2.75, 3.05) is 0 Å². The van der Waals surface area contributed by atoms with Crippen LogP contribution < -0.4 is 0 Å². The quantitative estimate of drug-likeness (QED) is 0.207. The summed E-state index contributed by atoms with van der Waals surface area (Å²) in [5.41, 5.74) is 0.139. The smallest absolute Gasteiger partial charge is 0.466 e. The monoisotopic (exact) mass is 354 g/mol. The maximum atomic E-state index is 9.99. The topological polar surface area (TPSA) is 193 Å². The van der Waals surface area contributed by atoms with Crippen LogP contribution in [0.2, 0.25) is 0 Å². The average molecular weight is 354 g/mol. The Kier molecular flexibility index (Phi) is 16.2. The summed E-state index contributed by atoms with van der Waals surface area (Å²) in [6.07, 6.45) is 4.60. The predicted molar refractivity (Wildman–Crippen MR) is 80.6 cm³/mol. The number of allylic oxidation sites excluding steroid dienone is 2. The molecule has 0 saturated heterocycles. The van der Waals surface area contributed by atoms with Crippen molar-refractivity contribution in [1.29, 1.82) is 0 Å². The van der Waals surface area contributed by atoms with Gasteiger partial charge in [-0.25, -0.2) is 14.2 Å². The minimum absolute atomic E-state index is 0.0697. The fourth-order valence-corrected chi connectivity index (χ4v) is 0.565. The molecule has 0 aromatic carbocycles. The number of aliphatic carboxylic acids is 2. The fraction of sp³-hybridized carbons (Fsp3) is 0.167. The summed E-state index contributed by atoms with van der Waals surface area (Å²) in [6.45, 7) is 6.46. The molecule has 0 fully saturated rings. The molecule has 0 aliphatic rings. The third-order valence-electron chi connectivity index (χ3n) is 1.54. The molecular weight excluding hydrogens is 335 g/mol. The number of carboxylic acid groups (broad SMARTS) is 2. The Morgan fingerprint density at radius 3 is 1.17 bits per heavy atom. The lowest BCUT2D eigenvalue weighted by atomic mass is 10.2. The van der Waals surface area contributed by atoms with Gasteiger partial charge in [0.1, 0.15) is 0 Å². The van der Waals surface area contributed by atoms with E-state index in [1.54, 1.807) is 0 Å². The van der Waals surface area contributed by atoms with E-state index in [2.05, 4.69) is 13.2 Å². The molecular formula is C12H19O10P. The SMILES string of the molecule is C=C(CC=CO)C(=O)O.C=C(CC=CO)C(=O)O.O=P(O)(O)O. The fourth-order valence-electron chi connectivity index (χ4n) is 0.565. The molecule has 0 rings (SSSR count). The summed E-state index contributed by atoms with van der Waals surface area (Å²) in [6, 6.07) is 0. The Labute approximate surface area is 131 Å². The van der Waals surface area contributed by atoms with Crippen LogP contribution in [0, 0.1) is 0 Å². The number of aliphatic hydroxyl groups excluding tert-OH is 2. The van der Waals surface area contributed by atoms with Gasteiger partial charge in [0.05, 0.1) is 12.5 Å². The van der Waals surface area contributed by atoms with Gasteiger partial charge in [-0.15, -0.1) is 0 Å². The number of carboxylic acids is 2. The van der Waals surface area contributed by atoms with Crippen molar-refractivity contribution < 1.29 is 49.3 Å². The van der Waals surface area contributed by atoms with Gasteiger partial charge in [-0.1, -0.05) is 13.2 Å². The molecule has 0 bridgehead atoms. The molecule has 7 N–H and O–H groups in total. The molecule has 11 heteroatoms. The van der Waals surface area contributed by atoms with Crippen molar-refractivity contribution in [2.45, 2.75) is 12.8 Å². The third-order valence-corrected chi connectivity index (χ3v) is 1.54. The van der Waals surface area contributed by atoms with E-state index >= 15 is 0 Å². The van der Waals surface area contributed by atoms with E-state index in [9.17, 15) is 9.59 Å². The Morgan fingerprint density at radius 1 is 0.826 bits per heavy atom.